The van der Waals surface area contributed by atoms with Crippen LogP contribution in [0.25, 0.3) is 5.95 Å². The summed E-state index contributed by atoms with van der Waals surface area (Å²) in [6.07, 6.45) is 8.75. The number of anilines is 2. The van der Waals surface area contributed by atoms with E-state index in [-0.39, 0.29) is 0 Å². The minimum Gasteiger partial charge on any atom is -0.340 e. The standard InChI is InChI=1S/C13H20N8/c1-2-10-4-3-6-20(8-10)12-16-11(19-14)17-13(18-12)21-7-5-15-9-21/h5,7,9-10H,2-4,6,8,14H2,1H3,(H,16,17,18,19). The number of hydrogen-bond donors (Lipinski definition) is 2. The van der Waals surface area contributed by atoms with E-state index in [9.17, 15) is 0 Å². The highest BCUT2D eigenvalue weighted by atomic mass is 15.4. The Kier molecular flexibility index (Phi) is 3.96. The Bertz CT molecular complexity index is 582. The van der Waals surface area contributed by atoms with Gasteiger partial charge in [0.05, 0.1) is 0 Å². The van der Waals surface area contributed by atoms with Crippen LogP contribution in [0.5, 0.6) is 0 Å². The van der Waals surface area contributed by atoms with E-state index in [1.165, 1.54) is 12.8 Å². The van der Waals surface area contributed by atoms with E-state index in [4.69, 9.17) is 5.84 Å². The molecule has 1 aliphatic heterocycles. The third-order valence-corrected chi connectivity index (χ3v) is 3.86. The highest BCUT2D eigenvalue weighted by Gasteiger charge is 2.22. The third-order valence-electron chi connectivity index (χ3n) is 3.86. The molecule has 1 unspecified atom stereocenters. The molecule has 0 aromatic carbocycles. The maximum Gasteiger partial charge on any atom is 0.243 e. The zero-order valence-corrected chi connectivity index (χ0v) is 12.1. The van der Waals surface area contributed by atoms with Gasteiger partial charge in [-0.25, -0.2) is 10.8 Å². The molecular weight excluding hydrogens is 268 g/mol. The molecule has 3 rings (SSSR count). The number of nitrogen functional groups attached to an aromatic ring is 1. The molecule has 2 aromatic heterocycles. The summed E-state index contributed by atoms with van der Waals surface area (Å²) in [6.45, 7) is 4.17. The summed E-state index contributed by atoms with van der Waals surface area (Å²) >= 11 is 0. The Morgan fingerprint density at radius 3 is 2.90 bits per heavy atom. The van der Waals surface area contributed by atoms with E-state index in [0.29, 0.717) is 23.8 Å². The smallest absolute Gasteiger partial charge is 0.243 e. The van der Waals surface area contributed by atoms with Crippen molar-refractivity contribution in [1.82, 2.24) is 24.5 Å². The third kappa shape index (κ3) is 2.94. The van der Waals surface area contributed by atoms with Crippen LogP contribution >= 0.6 is 0 Å². The van der Waals surface area contributed by atoms with Crippen LogP contribution in [0.3, 0.4) is 0 Å². The van der Waals surface area contributed by atoms with Gasteiger partial charge in [-0.2, -0.15) is 15.0 Å². The summed E-state index contributed by atoms with van der Waals surface area (Å²) in [6, 6.07) is 0. The zero-order valence-electron chi connectivity index (χ0n) is 12.1. The predicted octanol–water partition coefficient (Wildman–Crippen LogP) is 0.969. The van der Waals surface area contributed by atoms with Gasteiger partial charge in [-0.3, -0.25) is 9.99 Å². The first-order chi connectivity index (χ1) is 10.3. The van der Waals surface area contributed by atoms with Gasteiger partial charge >= 0.3 is 0 Å². The summed E-state index contributed by atoms with van der Waals surface area (Å²) < 4.78 is 1.74. The second-order valence-corrected chi connectivity index (χ2v) is 5.24. The van der Waals surface area contributed by atoms with E-state index < -0.39 is 0 Å². The van der Waals surface area contributed by atoms with Gasteiger partial charge in [-0.15, -0.1) is 0 Å². The number of piperidine rings is 1. The Balaban J connectivity index is 1.92. The Hall–Kier alpha value is -2.22. The van der Waals surface area contributed by atoms with Gasteiger partial charge in [0.25, 0.3) is 0 Å². The van der Waals surface area contributed by atoms with E-state index in [1.54, 1.807) is 23.3 Å². The number of imidazole rings is 1. The normalized spacial score (nSPS) is 18.8. The lowest BCUT2D eigenvalue weighted by molar-refractivity contribution is 0.401. The van der Waals surface area contributed by atoms with Crippen molar-refractivity contribution in [2.75, 3.05) is 23.4 Å². The van der Waals surface area contributed by atoms with Crippen LogP contribution in [0, 0.1) is 5.92 Å². The summed E-state index contributed by atoms with van der Waals surface area (Å²) in [7, 11) is 0. The molecule has 2 aromatic rings. The average Bonchev–Trinajstić information content (AvgIpc) is 3.09. The largest absolute Gasteiger partial charge is 0.340 e. The van der Waals surface area contributed by atoms with Gasteiger partial charge in [0, 0.05) is 25.5 Å². The highest BCUT2D eigenvalue weighted by molar-refractivity contribution is 5.40. The van der Waals surface area contributed by atoms with Crippen molar-refractivity contribution in [2.45, 2.75) is 26.2 Å². The molecule has 112 valence electrons. The maximum atomic E-state index is 5.48. The fourth-order valence-electron chi connectivity index (χ4n) is 2.63. The SMILES string of the molecule is CCC1CCCN(c2nc(NN)nc(-n3ccnc3)n2)C1. The van der Waals surface area contributed by atoms with Crippen LogP contribution in [-0.4, -0.2) is 37.6 Å². The molecule has 8 heteroatoms. The fraction of sp³-hybridized carbons (Fsp3) is 0.538. The molecule has 0 saturated carbocycles. The average molecular weight is 288 g/mol. The zero-order chi connectivity index (χ0) is 14.7. The van der Waals surface area contributed by atoms with E-state index in [0.717, 1.165) is 19.5 Å². The summed E-state index contributed by atoms with van der Waals surface area (Å²) in [5.74, 6) is 7.72. The van der Waals surface area contributed by atoms with Crippen molar-refractivity contribution in [3.8, 4) is 5.95 Å². The van der Waals surface area contributed by atoms with Crippen LogP contribution < -0.4 is 16.2 Å². The topological polar surface area (TPSA) is 97.8 Å². The molecule has 0 spiro atoms. The van der Waals surface area contributed by atoms with Crippen molar-refractivity contribution >= 4 is 11.9 Å². The number of nitrogens with two attached hydrogens (primary N) is 1. The number of aromatic nitrogens is 5. The lowest BCUT2D eigenvalue weighted by Gasteiger charge is -2.32. The van der Waals surface area contributed by atoms with Crippen LogP contribution in [-0.2, 0) is 0 Å². The Morgan fingerprint density at radius 2 is 2.19 bits per heavy atom. The molecule has 8 nitrogen and oxygen atoms in total. The van der Waals surface area contributed by atoms with Crippen molar-refractivity contribution < 1.29 is 0 Å². The number of hydrogen-bond acceptors (Lipinski definition) is 7. The predicted molar refractivity (Wildman–Crippen MR) is 80.0 cm³/mol. The van der Waals surface area contributed by atoms with Crippen molar-refractivity contribution in [3.05, 3.63) is 18.7 Å². The number of nitrogens with one attached hydrogen (secondary N) is 1. The Morgan fingerprint density at radius 1 is 1.33 bits per heavy atom. The first-order valence-electron chi connectivity index (χ1n) is 7.26. The van der Waals surface area contributed by atoms with Gasteiger partial charge in [0.15, 0.2) is 0 Å². The number of nitrogens with zero attached hydrogens (tertiary/aromatic N) is 6. The molecule has 1 fully saturated rings. The molecule has 1 atom stereocenters. The molecule has 3 N–H and O–H groups in total. The summed E-state index contributed by atoms with van der Waals surface area (Å²) in [4.78, 5) is 19.4. The van der Waals surface area contributed by atoms with E-state index in [1.807, 2.05) is 0 Å². The van der Waals surface area contributed by atoms with Gasteiger partial charge in [0.1, 0.15) is 6.33 Å². The molecule has 1 saturated heterocycles. The maximum absolute atomic E-state index is 5.48. The second kappa shape index (κ2) is 6.04. The fourth-order valence-corrected chi connectivity index (χ4v) is 2.63. The van der Waals surface area contributed by atoms with E-state index in [2.05, 4.69) is 37.2 Å². The first-order valence-corrected chi connectivity index (χ1v) is 7.26. The monoisotopic (exact) mass is 288 g/mol. The van der Waals surface area contributed by atoms with Crippen LogP contribution in [0.4, 0.5) is 11.9 Å². The molecule has 3 heterocycles. The van der Waals surface area contributed by atoms with Crippen molar-refractivity contribution in [2.24, 2.45) is 11.8 Å². The number of hydrazine groups is 1. The van der Waals surface area contributed by atoms with Crippen LogP contribution in [0.2, 0.25) is 0 Å². The summed E-state index contributed by atoms with van der Waals surface area (Å²) in [5.41, 5.74) is 2.51. The van der Waals surface area contributed by atoms with Crippen molar-refractivity contribution in [3.63, 3.8) is 0 Å². The number of rotatable bonds is 4. The molecule has 0 amide bonds. The quantitative estimate of drug-likeness (QED) is 0.639. The van der Waals surface area contributed by atoms with Gasteiger partial charge in [-0.05, 0) is 18.8 Å². The van der Waals surface area contributed by atoms with Gasteiger partial charge < -0.3 is 4.90 Å². The minimum absolute atomic E-state index is 0.363. The summed E-state index contributed by atoms with van der Waals surface area (Å²) in [5, 5.41) is 0. The highest BCUT2D eigenvalue weighted by Crippen LogP contribution is 2.23. The van der Waals surface area contributed by atoms with Crippen LogP contribution in [0.15, 0.2) is 18.7 Å². The second-order valence-electron chi connectivity index (χ2n) is 5.24. The Labute approximate surface area is 123 Å². The molecule has 21 heavy (non-hydrogen) atoms. The first kappa shape index (κ1) is 13.7. The molecular formula is C13H20N8. The van der Waals surface area contributed by atoms with Crippen LogP contribution in [0.1, 0.15) is 26.2 Å². The van der Waals surface area contributed by atoms with Gasteiger partial charge in [0.2, 0.25) is 17.8 Å². The van der Waals surface area contributed by atoms with Gasteiger partial charge in [-0.1, -0.05) is 13.3 Å². The molecule has 0 radical (unpaired) electrons. The lowest BCUT2D eigenvalue weighted by Crippen LogP contribution is -2.36. The minimum atomic E-state index is 0.363. The molecule has 0 bridgehead atoms. The molecule has 0 aliphatic carbocycles. The van der Waals surface area contributed by atoms with Crippen molar-refractivity contribution in [1.29, 1.82) is 0 Å². The molecule has 1 aliphatic rings. The lowest BCUT2D eigenvalue weighted by atomic mass is 9.96. The van der Waals surface area contributed by atoms with E-state index >= 15 is 0 Å².